The van der Waals surface area contributed by atoms with E-state index >= 15 is 0 Å². The smallest absolute Gasteiger partial charge is 0.0252 e. The lowest BCUT2D eigenvalue weighted by atomic mass is 9.83. The van der Waals surface area contributed by atoms with Crippen LogP contribution >= 0.6 is 0 Å². The molecule has 0 aliphatic carbocycles. The van der Waals surface area contributed by atoms with Gasteiger partial charge in [0.1, 0.15) is 0 Å². The normalized spacial score (nSPS) is 19.3. The molecule has 17 heavy (non-hydrogen) atoms. The third kappa shape index (κ3) is 4.81. The predicted octanol–water partition coefficient (Wildman–Crippen LogP) is 3.05. The standard InChI is InChI=1S/C15H30N2/c1-7-16-15(5,6)12-17-10-8-13(9-11-17)14(2,3)4/h8,16H,7,9-12H2,1-6H3. The first-order valence-corrected chi connectivity index (χ1v) is 6.91. The van der Waals surface area contributed by atoms with E-state index in [2.05, 4.69) is 57.8 Å². The monoisotopic (exact) mass is 238 g/mol. The maximum atomic E-state index is 3.55. The molecule has 0 saturated carbocycles. The summed E-state index contributed by atoms with van der Waals surface area (Å²) < 4.78 is 0. The van der Waals surface area contributed by atoms with E-state index in [1.54, 1.807) is 5.57 Å². The van der Waals surface area contributed by atoms with E-state index in [9.17, 15) is 0 Å². The maximum Gasteiger partial charge on any atom is 0.0252 e. The van der Waals surface area contributed by atoms with Crippen molar-refractivity contribution in [3.8, 4) is 0 Å². The van der Waals surface area contributed by atoms with E-state index < -0.39 is 0 Å². The van der Waals surface area contributed by atoms with Crippen LogP contribution in [-0.4, -0.2) is 36.6 Å². The molecule has 0 amide bonds. The molecule has 0 aromatic heterocycles. The van der Waals surface area contributed by atoms with Crippen LogP contribution in [0, 0.1) is 5.41 Å². The minimum atomic E-state index is 0.224. The predicted molar refractivity (Wildman–Crippen MR) is 76.4 cm³/mol. The average molecular weight is 238 g/mol. The molecule has 0 unspecified atom stereocenters. The van der Waals surface area contributed by atoms with Gasteiger partial charge in [0.15, 0.2) is 0 Å². The van der Waals surface area contributed by atoms with Gasteiger partial charge >= 0.3 is 0 Å². The third-order valence-corrected chi connectivity index (χ3v) is 3.53. The van der Waals surface area contributed by atoms with Crippen molar-refractivity contribution in [2.75, 3.05) is 26.2 Å². The molecule has 0 saturated heterocycles. The molecule has 2 heteroatoms. The van der Waals surface area contributed by atoms with Gasteiger partial charge in [0, 0.05) is 25.2 Å². The fourth-order valence-corrected chi connectivity index (χ4v) is 2.63. The number of nitrogens with zero attached hydrogens (tertiary/aromatic N) is 1. The summed E-state index contributed by atoms with van der Waals surface area (Å²) in [6.45, 7) is 18.2. The van der Waals surface area contributed by atoms with Crippen LogP contribution in [0.2, 0.25) is 0 Å². The molecule has 1 aliphatic heterocycles. The molecular weight excluding hydrogens is 208 g/mol. The minimum absolute atomic E-state index is 0.224. The molecule has 1 aliphatic rings. The molecule has 0 aromatic rings. The molecule has 100 valence electrons. The highest BCUT2D eigenvalue weighted by Crippen LogP contribution is 2.30. The Bertz CT molecular complexity index is 271. The molecule has 0 fully saturated rings. The Kier molecular flexibility index (Phi) is 4.79. The van der Waals surface area contributed by atoms with Gasteiger partial charge in [-0.1, -0.05) is 39.3 Å². The molecule has 1 N–H and O–H groups in total. The Morgan fingerprint density at radius 1 is 1.24 bits per heavy atom. The van der Waals surface area contributed by atoms with E-state index in [4.69, 9.17) is 0 Å². The quantitative estimate of drug-likeness (QED) is 0.757. The molecule has 1 heterocycles. The topological polar surface area (TPSA) is 15.3 Å². The second-order valence-corrected chi connectivity index (χ2v) is 6.88. The highest BCUT2D eigenvalue weighted by Gasteiger charge is 2.25. The molecule has 0 spiro atoms. The summed E-state index contributed by atoms with van der Waals surface area (Å²) >= 11 is 0. The largest absolute Gasteiger partial charge is 0.311 e. The molecule has 0 atom stereocenters. The summed E-state index contributed by atoms with van der Waals surface area (Å²) in [4.78, 5) is 2.55. The van der Waals surface area contributed by atoms with Crippen LogP contribution in [0.15, 0.2) is 11.6 Å². The van der Waals surface area contributed by atoms with Crippen LogP contribution in [0.5, 0.6) is 0 Å². The van der Waals surface area contributed by atoms with Crippen LogP contribution < -0.4 is 5.32 Å². The molecule has 1 rings (SSSR count). The highest BCUT2D eigenvalue weighted by molar-refractivity contribution is 5.14. The van der Waals surface area contributed by atoms with Crippen molar-refractivity contribution in [1.29, 1.82) is 0 Å². The number of nitrogens with one attached hydrogen (secondary N) is 1. The van der Waals surface area contributed by atoms with Crippen molar-refractivity contribution in [2.45, 2.75) is 53.5 Å². The molecule has 0 aromatic carbocycles. The fourth-order valence-electron chi connectivity index (χ4n) is 2.63. The second kappa shape index (κ2) is 5.53. The van der Waals surface area contributed by atoms with Crippen molar-refractivity contribution < 1.29 is 0 Å². The van der Waals surface area contributed by atoms with Crippen LogP contribution in [0.25, 0.3) is 0 Å². The Hall–Kier alpha value is -0.340. The van der Waals surface area contributed by atoms with Gasteiger partial charge in [-0.25, -0.2) is 0 Å². The fraction of sp³-hybridized carbons (Fsp3) is 0.867. The van der Waals surface area contributed by atoms with E-state index in [1.807, 2.05) is 0 Å². The van der Waals surface area contributed by atoms with Gasteiger partial charge in [0.2, 0.25) is 0 Å². The van der Waals surface area contributed by atoms with Crippen molar-refractivity contribution in [3.05, 3.63) is 11.6 Å². The van der Waals surface area contributed by atoms with Gasteiger partial charge in [-0.05, 0) is 32.2 Å². The van der Waals surface area contributed by atoms with Crippen molar-refractivity contribution in [2.24, 2.45) is 5.41 Å². The summed E-state index contributed by atoms with van der Waals surface area (Å²) in [5.74, 6) is 0. The average Bonchev–Trinajstić information content (AvgIpc) is 2.16. The SMILES string of the molecule is CCNC(C)(C)CN1CC=C(C(C)(C)C)CC1. The Balaban J connectivity index is 2.50. The van der Waals surface area contributed by atoms with Gasteiger partial charge in [-0.3, -0.25) is 4.90 Å². The lowest BCUT2D eigenvalue weighted by Gasteiger charge is -2.37. The summed E-state index contributed by atoms with van der Waals surface area (Å²) in [5, 5.41) is 3.55. The summed E-state index contributed by atoms with van der Waals surface area (Å²) in [5.41, 5.74) is 2.19. The van der Waals surface area contributed by atoms with Crippen molar-refractivity contribution >= 4 is 0 Å². The van der Waals surface area contributed by atoms with Crippen LogP contribution in [0.1, 0.15) is 48.0 Å². The van der Waals surface area contributed by atoms with Crippen molar-refractivity contribution in [1.82, 2.24) is 10.2 Å². The van der Waals surface area contributed by atoms with E-state index in [1.165, 1.54) is 13.0 Å². The lowest BCUT2D eigenvalue weighted by molar-refractivity contribution is 0.208. The van der Waals surface area contributed by atoms with Gasteiger partial charge in [0.05, 0.1) is 0 Å². The number of hydrogen-bond donors (Lipinski definition) is 1. The second-order valence-electron chi connectivity index (χ2n) is 6.88. The van der Waals surface area contributed by atoms with E-state index in [-0.39, 0.29) is 5.54 Å². The first-order valence-electron chi connectivity index (χ1n) is 6.91. The lowest BCUT2D eigenvalue weighted by Crippen LogP contribution is -2.50. The van der Waals surface area contributed by atoms with Gasteiger partial charge in [-0.2, -0.15) is 0 Å². The third-order valence-electron chi connectivity index (χ3n) is 3.53. The molecule has 0 radical (unpaired) electrons. The number of rotatable bonds is 4. The summed E-state index contributed by atoms with van der Waals surface area (Å²) in [7, 11) is 0. The van der Waals surface area contributed by atoms with Gasteiger partial charge < -0.3 is 5.32 Å². The van der Waals surface area contributed by atoms with Crippen LogP contribution in [0.4, 0.5) is 0 Å². The molecule has 0 bridgehead atoms. The van der Waals surface area contributed by atoms with Crippen molar-refractivity contribution in [3.63, 3.8) is 0 Å². The number of likely N-dealkylation sites (N-methyl/N-ethyl adjacent to an activating group) is 1. The Labute approximate surface area is 107 Å². The first-order chi connectivity index (χ1) is 7.74. The van der Waals surface area contributed by atoms with Gasteiger partial charge in [-0.15, -0.1) is 0 Å². The summed E-state index contributed by atoms with van der Waals surface area (Å²) in [6, 6.07) is 0. The minimum Gasteiger partial charge on any atom is -0.311 e. The van der Waals surface area contributed by atoms with Crippen LogP contribution in [0.3, 0.4) is 0 Å². The van der Waals surface area contributed by atoms with Gasteiger partial charge in [0.25, 0.3) is 0 Å². The maximum absolute atomic E-state index is 3.55. The molecule has 2 nitrogen and oxygen atoms in total. The van der Waals surface area contributed by atoms with Crippen LogP contribution in [-0.2, 0) is 0 Å². The Morgan fingerprint density at radius 2 is 1.88 bits per heavy atom. The highest BCUT2D eigenvalue weighted by atomic mass is 15.2. The zero-order chi connectivity index (χ0) is 13.1. The Morgan fingerprint density at radius 3 is 2.29 bits per heavy atom. The zero-order valence-electron chi connectivity index (χ0n) is 12.6. The first kappa shape index (κ1) is 14.7. The van der Waals surface area contributed by atoms with E-state index in [0.29, 0.717) is 5.41 Å². The summed E-state index contributed by atoms with van der Waals surface area (Å²) in [6.07, 6.45) is 3.66. The zero-order valence-corrected chi connectivity index (χ0v) is 12.6. The van der Waals surface area contributed by atoms with E-state index in [0.717, 1.165) is 19.6 Å². The number of hydrogen-bond acceptors (Lipinski definition) is 2. The molecular formula is C15H30N2.